The van der Waals surface area contributed by atoms with Crippen molar-refractivity contribution in [2.75, 3.05) is 13.2 Å². The van der Waals surface area contributed by atoms with Crippen molar-refractivity contribution >= 4 is 45.4 Å². The van der Waals surface area contributed by atoms with Gasteiger partial charge >= 0.3 is 5.69 Å². The van der Waals surface area contributed by atoms with Crippen LogP contribution in [0.1, 0.15) is 12.5 Å². The van der Waals surface area contributed by atoms with Crippen LogP contribution in [0.3, 0.4) is 0 Å². The minimum Gasteiger partial charge on any atom is -0.490 e. The molecule has 2 heterocycles. The monoisotopic (exact) mass is 544 g/mol. The molecule has 11 heteroatoms. The molecule has 0 fully saturated rings. The summed E-state index contributed by atoms with van der Waals surface area (Å²) in [6.07, 6.45) is 2.79. The maximum Gasteiger partial charge on any atom is 0.315 e. The number of nitro groups is 1. The Morgan fingerprint density at radius 1 is 1.18 bits per heavy atom. The lowest BCUT2D eigenvalue weighted by atomic mass is 10.2. The van der Waals surface area contributed by atoms with E-state index >= 15 is 0 Å². The minimum atomic E-state index is -0.576. The number of nitro benzene ring substituents is 1. The molecule has 5 rings (SSSR count). The number of nitrogens with zero attached hydrogens (tertiary/aromatic N) is 4. The molecular weight excluding hydrogens is 524 g/mol. The largest absolute Gasteiger partial charge is 0.490 e. The van der Waals surface area contributed by atoms with Gasteiger partial charge in [-0.15, -0.1) is 0 Å². The van der Waals surface area contributed by atoms with Gasteiger partial charge in [0.1, 0.15) is 12.2 Å². The summed E-state index contributed by atoms with van der Waals surface area (Å²) >= 11 is 6.13. The van der Waals surface area contributed by atoms with E-state index in [1.54, 1.807) is 61.5 Å². The first kappa shape index (κ1) is 25.7. The number of fused-ring (bicyclic) bond motifs is 2. The summed E-state index contributed by atoms with van der Waals surface area (Å²) in [5.74, 6) is 0.576. The van der Waals surface area contributed by atoms with Crippen LogP contribution in [0.4, 0.5) is 5.69 Å². The van der Waals surface area contributed by atoms with Gasteiger partial charge in [0.2, 0.25) is 11.6 Å². The topological polar surface area (TPSA) is 122 Å². The summed E-state index contributed by atoms with van der Waals surface area (Å²) in [4.78, 5) is 29.4. The maximum absolute atomic E-state index is 13.5. The minimum absolute atomic E-state index is 0.0231. The standard InChI is InChI=1S/C28H21ClN4O6/c1-3-11-38-26-22(33(35)36)12-17(13-24(26)37-4-2)16-30-32-27(31-21-8-6-5-7-20(21)28(32)34)25-15-18-14-19(29)9-10-23(18)39-25/h3,5-10,12-16H,1,4,11H2,2H3. The van der Waals surface area contributed by atoms with Crippen molar-refractivity contribution in [2.45, 2.75) is 6.92 Å². The van der Waals surface area contributed by atoms with Crippen LogP contribution in [0.2, 0.25) is 5.02 Å². The van der Waals surface area contributed by atoms with Crippen molar-refractivity contribution in [2.24, 2.45) is 5.10 Å². The Morgan fingerprint density at radius 2 is 2.00 bits per heavy atom. The molecule has 0 aliphatic carbocycles. The number of hydrogen-bond donors (Lipinski definition) is 0. The Bertz CT molecular complexity index is 1830. The Morgan fingerprint density at radius 3 is 2.77 bits per heavy atom. The molecule has 0 aliphatic rings. The second kappa shape index (κ2) is 10.8. The van der Waals surface area contributed by atoms with E-state index in [9.17, 15) is 14.9 Å². The fraction of sp³-hybridized carbons (Fsp3) is 0.107. The first-order valence-corrected chi connectivity index (χ1v) is 12.2. The van der Waals surface area contributed by atoms with E-state index in [4.69, 9.17) is 25.5 Å². The molecule has 5 aromatic rings. The zero-order chi connectivity index (χ0) is 27.5. The summed E-state index contributed by atoms with van der Waals surface area (Å²) in [5.41, 5.74) is 0.553. The molecule has 196 valence electrons. The van der Waals surface area contributed by atoms with Crippen molar-refractivity contribution in [3.8, 4) is 23.1 Å². The van der Waals surface area contributed by atoms with Gasteiger partial charge in [0.25, 0.3) is 5.56 Å². The van der Waals surface area contributed by atoms with Gasteiger partial charge in [-0.1, -0.05) is 36.4 Å². The first-order chi connectivity index (χ1) is 18.9. The molecule has 3 aromatic carbocycles. The summed E-state index contributed by atoms with van der Waals surface area (Å²) in [6.45, 7) is 5.63. The number of halogens is 1. The third-order valence-electron chi connectivity index (χ3n) is 5.67. The molecular formula is C28H21ClN4O6. The lowest BCUT2D eigenvalue weighted by Gasteiger charge is -2.12. The summed E-state index contributed by atoms with van der Waals surface area (Å²) in [7, 11) is 0. The van der Waals surface area contributed by atoms with Crippen molar-refractivity contribution in [3.63, 3.8) is 0 Å². The highest BCUT2D eigenvalue weighted by molar-refractivity contribution is 6.31. The highest BCUT2D eigenvalue weighted by Gasteiger charge is 2.23. The molecule has 0 atom stereocenters. The van der Waals surface area contributed by atoms with Gasteiger partial charge in [0.05, 0.1) is 28.6 Å². The van der Waals surface area contributed by atoms with E-state index in [0.717, 1.165) is 10.1 Å². The molecule has 0 amide bonds. The van der Waals surface area contributed by atoms with Gasteiger partial charge < -0.3 is 13.9 Å². The predicted molar refractivity (Wildman–Crippen MR) is 149 cm³/mol. The van der Waals surface area contributed by atoms with Crippen molar-refractivity contribution in [1.82, 2.24) is 9.66 Å². The molecule has 0 spiro atoms. The summed E-state index contributed by atoms with van der Waals surface area (Å²) in [5, 5.41) is 17.8. The number of furan rings is 1. The Hall–Kier alpha value is -4.96. The molecule has 0 N–H and O–H groups in total. The normalized spacial score (nSPS) is 11.3. The van der Waals surface area contributed by atoms with Gasteiger partial charge in [0, 0.05) is 22.0 Å². The van der Waals surface area contributed by atoms with Crippen molar-refractivity contribution in [1.29, 1.82) is 0 Å². The number of ether oxygens (including phenoxy) is 2. The van der Waals surface area contributed by atoms with Crippen LogP contribution >= 0.6 is 11.6 Å². The number of benzene rings is 3. The average Bonchev–Trinajstić information content (AvgIpc) is 3.34. The zero-order valence-electron chi connectivity index (χ0n) is 20.7. The van der Waals surface area contributed by atoms with Crippen LogP contribution in [0, 0.1) is 10.1 Å². The van der Waals surface area contributed by atoms with E-state index in [-0.39, 0.29) is 36.2 Å². The predicted octanol–water partition coefficient (Wildman–Crippen LogP) is 6.22. The zero-order valence-corrected chi connectivity index (χ0v) is 21.4. The molecule has 0 saturated heterocycles. The van der Waals surface area contributed by atoms with Crippen LogP contribution in [0.15, 0.2) is 87.6 Å². The van der Waals surface area contributed by atoms with Crippen molar-refractivity contribution < 1.29 is 18.8 Å². The average molecular weight is 545 g/mol. The molecule has 39 heavy (non-hydrogen) atoms. The molecule has 2 aromatic heterocycles. The van der Waals surface area contributed by atoms with Crippen LogP contribution in [-0.4, -0.2) is 34.0 Å². The van der Waals surface area contributed by atoms with Crippen LogP contribution < -0.4 is 15.0 Å². The lowest BCUT2D eigenvalue weighted by molar-refractivity contribution is -0.385. The third kappa shape index (κ3) is 5.10. The van der Waals surface area contributed by atoms with Gasteiger partial charge in [0.15, 0.2) is 11.5 Å². The molecule has 0 saturated carbocycles. The summed E-state index contributed by atoms with van der Waals surface area (Å²) in [6, 6.07) is 16.6. The van der Waals surface area contributed by atoms with Crippen LogP contribution in [-0.2, 0) is 0 Å². The van der Waals surface area contributed by atoms with E-state index in [0.29, 0.717) is 32.8 Å². The van der Waals surface area contributed by atoms with Crippen LogP contribution in [0.5, 0.6) is 11.5 Å². The van der Waals surface area contributed by atoms with E-state index in [2.05, 4.69) is 16.7 Å². The molecule has 0 bridgehead atoms. The molecule has 0 aliphatic heterocycles. The van der Waals surface area contributed by atoms with Gasteiger partial charge in [-0.25, -0.2) is 4.98 Å². The molecule has 10 nitrogen and oxygen atoms in total. The third-order valence-corrected chi connectivity index (χ3v) is 5.91. The SMILES string of the molecule is C=CCOc1c(OCC)cc(C=Nn2c(-c3cc4cc(Cl)ccc4o3)nc3ccccc3c2=O)cc1[N+](=O)[O-]. The Kier molecular flexibility index (Phi) is 7.11. The fourth-order valence-corrected chi connectivity index (χ4v) is 4.19. The second-order valence-electron chi connectivity index (χ2n) is 8.26. The van der Waals surface area contributed by atoms with E-state index in [1.807, 2.05) is 0 Å². The maximum atomic E-state index is 13.5. The molecule has 0 unspecified atom stereocenters. The molecule has 0 radical (unpaired) electrons. The Labute approximate surface area is 226 Å². The quantitative estimate of drug-likeness (QED) is 0.0934. The number of para-hydroxylation sites is 1. The van der Waals surface area contributed by atoms with Crippen LogP contribution in [0.25, 0.3) is 33.5 Å². The number of hydrogen-bond acceptors (Lipinski definition) is 8. The smallest absolute Gasteiger partial charge is 0.315 e. The van der Waals surface area contributed by atoms with E-state index in [1.165, 1.54) is 18.4 Å². The second-order valence-corrected chi connectivity index (χ2v) is 8.70. The lowest BCUT2D eigenvalue weighted by Crippen LogP contribution is -2.20. The number of rotatable bonds is 9. The highest BCUT2D eigenvalue weighted by atomic mass is 35.5. The number of aromatic nitrogens is 2. The summed E-state index contributed by atoms with van der Waals surface area (Å²) < 4.78 is 18.2. The van der Waals surface area contributed by atoms with Gasteiger partial charge in [-0.05, 0) is 49.4 Å². The highest BCUT2D eigenvalue weighted by Crippen LogP contribution is 2.38. The van der Waals surface area contributed by atoms with Gasteiger partial charge in [-0.2, -0.15) is 9.78 Å². The fourth-order valence-electron chi connectivity index (χ4n) is 4.01. The Balaban J connectivity index is 1.68. The first-order valence-electron chi connectivity index (χ1n) is 11.8. The van der Waals surface area contributed by atoms with Gasteiger partial charge in [-0.3, -0.25) is 14.9 Å². The van der Waals surface area contributed by atoms with Crippen molar-refractivity contribution in [3.05, 3.63) is 104 Å². The van der Waals surface area contributed by atoms with E-state index < -0.39 is 10.5 Å².